The number of ether oxygens (including phenoxy) is 1. The van der Waals surface area contributed by atoms with Crippen LogP contribution in [0.2, 0.25) is 0 Å². The first kappa shape index (κ1) is 25.4. The van der Waals surface area contributed by atoms with E-state index in [2.05, 4.69) is 31.2 Å². The van der Waals surface area contributed by atoms with E-state index in [1.54, 1.807) is 12.5 Å². The summed E-state index contributed by atoms with van der Waals surface area (Å²) in [4.78, 5) is 19.2. The molecule has 200 valence electrons. The third kappa shape index (κ3) is 5.45. The van der Waals surface area contributed by atoms with Gasteiger partial charge in [0.25, 0.3) is 5.91 Å². The number of para-hydroxylation sites is 1. The number of hydrogen-bond donors (Lipinski definition) is 2. The fourth-order valence-corrected chi connectivity index (χ4v) is 5.26. The van der Waals surface area contributed by atoms with Crippen LogP contribution >= 0.6 is 12.2 Å². The molecule has 1 aliphatic heterocycles. The SMILES string of the molecule is O=C(COc1ccccc1)Nc1ccc(N2C(=S)N[C@@H](c3ccccn3)[C@H]2c2cccn2Cc2ccco2)cc1. The molecule has 0 bridgehead atoms. The number of amides is 1. The number of carbonyl (C=O) groups excluding carboxylic acids is 1. The number of nitrogens with zero attached hydrogens (tertiary/aromatic N) is 3. The van der Waals surface area contributed by atoms with Crippen LogP contribution in [0.4, 0.5) is 11.4 Å². The van der Waals surface area contributed by atoms with E-state index in [1.807, 2.05) is 97.2 Å². The molecule has 6 rings (SSSR count). The largest absolute Gasteiger partial charge is 0.484 e. The van der Waals surface area contributed by atoms with Gasteiger partial charge in [0.1, 0.15) is 17.6 Å². The molecule has 2 aromatic carbocycles. The number of anilines is 2. The van der Waals surface area contributed by atoms with Crippen LogP contribution in [-0.2, 0) is 11.3 Å². The van der Waals surface area contributed by atoms with Gasteiger partial charge in [-0.25, -0.2) is 0 Å². The van der Waals surface area contributed by atoms with Crippen molar-refractivity contribution in [1.82, 2.24) is 14.9 Å². The summed E-state index contributed by atoms with van der Waals surface area (Å²) in [7, 11) is 0. The number of carbonyl (C=O) groups is 1. The molecule has 5 aromatic rings. The molecule has 1 saturated heterocycles. The summed E-state index contributed by atoms with van der Waals surface area (Å²) >= 11 is 5.87. The lowest BCUT2D eigenvalue weighted by Crippen LogP contribution is -2.30. The summed E-state index contributed by atoms with van der Waals surface area (Å²) in [5.41, 5.74) is 3.52. The third-order valence-corrected chi connectivity index (χ3v) is 7.03. The van der Waals surface area contributed by atoms with Crippen molar-refractivity contribution in [3.8, 4) is 5.75 Å². The molecule has 40 heavy (non-hydrogen) atoms. The predicted molar refractivity (Wildman–Crippen MR) is 157 cm³/mol. The Bertz CT molecular complexity index is 1570. The molecule has 8 nitrogen and oxygen atoms in total. The molecule has 9 heteroatoms. The molecule has 2 atom stereocenters. The molecule has 1 aliphatic rings. The van der Waals surface area contributed by atoms with Crippen LogP contribution < -0.4 is 20.3 Å². The zero-order valence-corrected chi connectivity index (χ0v) is 22.3. The molecule has 0 radical (unpaired) electrons. The van der Waals surface area contributed by atoms with Crippen LogP contribution in [0.15, 0.2) is 120 Å². The van der Waals surface area contributed by atoms with Crippen LogP contribution in [0.3, 0.4) is 0 Å². The zero-order chi connectivity index (χ0) is 27.3. The lowest BCUT2D eigenvalue weighted by atomic mass is 10.0. The van der Waals surface area contributed by atoms with E-state index in [4.69, 9.17) is 21.4 Å². The minimum Gasteiger partial charge on any atom is -0.484 e. The average molecular weight is 550 g/mol. The maximum absolute atomic E-state index is 12.5. The first-order valence-corrected chi connectivity index (χ1v) is 13.3. The quantitative estimate of drug-likeness (QED) is 0.228. The first-order chi connectivity index (χ1) is 19.7. The van der Waals surface area contributed by atoms with Gasteiger partial charge in [-0.1, -0.05) is 24.3 Å². The van der Waals surface area contributed by atoms with Crippen molar-refractivity contribution in [2.45, 2.75) is 18.6 Å². The third-order valence-electron chi connectivity index (χ3n) is 6.71. The number of nitrogens with one attached hydrogen (secondary N) is 2. The fourth-order valence-electron chi connectivity index (χ4n) is 4.91. The Morgan fingerprint density at radius 1 is 0.975 bits per heavy atom. The zero-order valence-electron chi connectivity index (χ0n) is 21.5. The molecule has 4 heterocycles. The van der Waals surface area contributed by atoms with Crippen LogP contribution in [0.5, 0.6) is 5.75 Å². The normalized spacial score (nSPS) is 16.5. The molecular weight excluding hydrogens is 522 g/mol. The highest BCUT2D eigenvalue weighted by molar-refractivity contribution is 7.80. The molecule has 2 N–H and O–H groups in total. The fraction of sp³-hybridized carbons (Fsp3) is 0.129. The molecular formula is C31H27N5O3S. The van der Waals surface area contributed by atoms with Gasteiger partial charge in [0.15, 0.2) is 11.7 Å². The van der Waals surface area contributed by atoms with Gasteiger partial charge >= 0.3 is 0 Å². The van der Waals surface area contributed by atoms with Crippen molar-refractivity contribution in [3.05, 3.63) is 133 Å². The summed E-state index contributed by atoms with van der Waals surface area (Å²) in [6, 6.07) is 30.4. The Hall–Kier alpha value is -4.89. The van der Waals surface area contributed by atoms with E-state index in [0.29, 0.717) is 23.1 Å². The maximum atomic E-state index is 12.5. The second kappa shape index (κ2) is 11.5. The molecule has 0 saturated carbocycles. The van der Waals surface area contributed by atoms with Crippen molar-refractivity contribution >= 4 is 34.6 Å². The van der Waals surface area contributed by atoms with E-state index in [-0.39, 0.29) is 24.6 Å². The summed E-state index contributed by atoms with van der Waals surface area (Å²) in [6.45, 7) is 0.518. The topological polar surface area (TPSA) is 84.6 Å². The Kier molecular flexibility index (Phi) is 7.28. The Balaban J connectivity index is 1.25. The van der Waals surface area contributed by atoms with Crippen molar-refractivity contribution < 1.29 is 13.9 Å². The van der Waals surface area contributed by atoms with E-state index in [0.717, 1.165) is 22.8 Å². The Labute approximate surface area is 237 Å². The summed E-state index contributed by atoms with van der Waals surface area (Å²) in [5, 5.41) is 6.98. The van der Waals surface area contributed by atoms with Crippen LogP contribution in [0, 0.1) is 0 Å². The lowest BCUT2D eigenvalue weighted by molar-refractivity contribution is -0.118. The molecule has 1 amide bonds. The number of hydrogen-bond acceptors (Lipinski definition) is 5. The average Bonchev–Trinajstić information content (AvgIpc) is 3.74. The van der Waals surface area contributed by atoms with Crippen molar-refractivity contribution in [1.29, 1.82) is 0 Å². The van der Waals surface area contributed by atoms with Gasteiger partial charge in [-0.15, -0.1) is 0 Å². The van der Waals surface area contributed by atoms with Gasteiger partial charge in [-0.3, -0.25) is 9.78 Å². The molecule has 3 aromatic heterocycles. The van der Waals surface area contributed by atoms with Gasteiger partial charge in [-0.2, -0.15) is 0 Å². The number of furan rings is 1. The van der Waals surface area contributed by atoms with E-state index in [9.17, 15) is 4.79 Å². The monoisotopic (exact) mass is 549 g/mol. The highest BCUT2D eigenvalue weighted by atomic mass is 32.1. The molecule has 0 spiro atoms. The predicted octanol–water partition coefficient (Wildman–Crippen LogP) is 5.72. The van der Waals surface area contributed by atoms with Gasteiger partial charge < -0.3 is 29.3 Å². The second-order valence-electron chi connectivity index (χ2n) is 9.33. The number of thiocarbonyl (C=S) groups is 1. The maximum Gasteiger partial charge on any atom is 0.262 e. The summed E-state index contributed by atoms with van der Waals surface area (Å²) < 4.78 is 13.4. The highest BCUT2D eigenvalue weighted by Gasteiger charge is 2.42. The molecule has 1 fully saturated rings. The number of rotatable bonds is 9. The first-order valence-electron chi connectivity index (χ1n) is 12.9. The minimum absolute atomic E-state index is 0.0770. The smallest absolute Gasteiger partial charge is 0.262 e. The van der Waals surface area contributed by atoms with E-state index >= 15 is 0 Å². The number of pyridine rings is 1. The Morgan fingerprint density at radius 2 is 1.80 bits per heavy atom. The second-order valence-corrected chi connectivity index (χ2v) is 9.72. The van der Waals surface area contributed by atoms with Crippen LogP contribution in [-0.4, -0.2) is 27.2 Å². The summed E-state index contributed by atoms with van der Waals surface area (Å²) in [6.07, 6.45) is 5.52. The number of benzene rings is 2. The van der Waals surface area contributed by atoms with Crippen LogP contribution in [0.25, 0.3) is 0 Å². The van der Waals surface area contributed by atoms with Gasteiger partial charge in [-0.05, 0) is 85.0 Å². The lowest BCUT2D eigenvalue weighted by Gasteiger charge is -2.29. The van der Waals surface area contributed by atoms with Gasteiger partial charge in [0.05, 0.1) is 24.5 Å². The summed E-state index contributed by atoms with van der Waals surface area (Å²) in [5.74, 6) is 1.27. The molecule has 0 aliphatic carbocycles. The van der Waals surface area contributed by atoms with Crippen molar-refractivity contribution in [3.63, 3.8) is 0 Å². The van der Waals surface area contributed by atoms with E-state index in [1.165, 1.54) is 0 Å². The highest BCUT2D eigenvalue weighted by Crippen LogP contribution is 2.42. The minimum atomic E-state index is -0.237. The Morgan fingerprint density at radius 3 is 2.55 bits per heavy atom. The van der Waals surface area contributed by atoms with Gasteiger partial charge in [0.2, 0.25) is 0 Å². The van der Waals surface area contributed by atoms with Crippen molar-refractivity contribution in [2.24, 2.45) is 0 Å². The van der Waals surface area contributed by atoms with Crippen molar-refractivity contribution in [2.75, 3.05) is 16.8 Å². The van der Waals surface area contributed by atoms with Crippen LogP contribution in [0.1, 0.15) is 29.2 Å². The standard InChI is InChI=1S/C31H27N5O3S/c37-28(21-39-24-8-2-1-3-9-24)33-22-13-15-23(16-14-22)36-30(29(34-31(36)40)26-11-4-5-17-32-26)27-12-6-18-35(27)20-25-10-7-19-38-25/h1-19,29-30H,20-21H2,(H,33,37)(H,34,40)/t29-,30+/m0/s1. The number of aromatic nitrogens is 2. The van der Waals surface area contributed by atoms with Gasteiger partial charge in [0, 0.05) is 29.5 Å². The molecule has 0 unspecified atom stereocenters. The van der Waals surface area contributed by atoms with E-state index < -0.39 is 0 Å².